The van der Waals surface area contributed by atoms with Gasteiger partial charge in [0.2, 0.25) is 0 Å². The van der Waals surface area contributed by atoms with Gasteiger partial charge in [-0.1, -0.05) is 70.5 Å². The van der Waals surface area contributed by atoms with E-state index in [9.17, 15) is 19.2 Å². The number of methoxy groups -OCH3 is 2. The Bertz CT molecular complexity index is 1970. The Morgan fingerprint density at radius 1 is 0.593 bits per heavy atom. The molecule has 0 heterocycles. The van der Waals surface area contributed by atoms with Crippen molar-refractivity contribution in [3.63, 3.8) is 0 Å². The van der Waals surface area contributed by atoms with E-state index in [0.717, 1.165) is 41.9 Å². The first-order chi connectivity index (χ1) is 25.6. The predicted molar refractivity (Wildman–Crippen MR) is 219 cm³/mol. The van der Waals surface area contributed by atoms with Crippen LogP contribution in [0.1, 0.15) is 104 Å². The summed E-state index contributed by atoms with van der Waals surface area (Å²) in [6.07, 6.45) is 9.71. The van der Waals surface area contributed by atoms with E-state index in [-0.39, 0.29) is 28.8 Å². The molecule has 0 aliphatic rings. The molecule has 0 aliphatic carbocycles. The summed E-state index contributed by atoms with van der Waals surface area (Å²) in [5, 5.41) is 0. The van der Waals surface area contributed by atoms with Crippen LogP contribution >= 0.6 is 0 Å². The number of hydrogen-bond acceptors (Lipinski definition) is 6. The number of carbonyl (C=O) groups excluding carboxylic acids is 4. The summed E-state index contributed by atoms with van der Waals surface area (Å²) in [5.74, 6) is 1.06. The predicted octanol–water partition coefficient (Wildman–Crippen LogP) is 9.23. The third kappa shape index (κ3) is 11.6. The molecule has 0 unspecified atom stereocenters. The Morgan fingerprint density at radius 3 is 1.39 bits per heavy atom. The molecule has 0 saturated heterocycles. The van der Waals surface area contributed by atoms with Gasteiger partial charge in [0.1, 0.15) is 11.5 Å². The van der Waals surface area contributed by atoms with Gasteiger partial charge >= 0.3 is 0 Å². The van der Waals surface area contributed by atoms with Crippen LogP contribution in [0.4, 0.5) is 0 Å². The van der Waals surface area contributed by atoms with Gasteiger partial charge in [-0.05, 0) is 102 Å². The lowest BCUT2D eigenvalue weighted by Gasteiger charge is -2.24. The zero-order valence-corrected chi connectivity index (χ0v) is 33.4. The molecule has 8 heteroatoms. The molecule has 8 nitrogen and oxygen atoms in total. The van der Waals surface area contributed by atoms with Crippen molar-refractivity contribution < 1.29 is 28.7 Å². The summed E-state index contributed by atoms with van der Waals surface area (Å²) in [7, 11) is 10.0. The van der Waals surface area contributed by atoms with Crippen molar-refractivity contribution in [1.29, 1.82) is 0 Å². The Kier molecular flexibility index (Phi) is 15.7. The van der Waals surface area contributed by atoms with Crippen molar-refractivity contribution in [2.45, 2.75) is 52.4 Å². The van der Waals surface area contributed by atoms with Gasteiger partial charge in [0.15, 0.2) is 11.6 Å². The van der Waals surface area contributed by atoms with Crippen LogP contribution in [0.25, 0.3) is 12.2 Å². The van der Waals surface area contributed by atoms with E-state index in [4.69, 9.17) is 9.47 Å². The van der Waals surface area contributed by atoms with Crippen molar-refractivity contribution in [3.8, 4) is 11.5 Å². The largest absolute Gasteiger partial charge is 0.496 e. The maximum absolute atomic E-state index is 12.5. The van der Waals surface area contributed by atoms with Crippen LogP contribution in [0.3, 0.4) is 0 Å². The van der Waals surface area contributed by atoms with Crippen LogP contribution in [0, 0.1) is 0 Å². The molecular weight excluding hydrogens is 677 g/mol. The van der Waals surface area contributed by atoms with Crippen LogP contribution in [-0.2, 0) is 11.8 Å². The van der Waals surface area contributed by atoms with Crippen molar-refractivity contribution in [2.24, 2.45) is 0 Å². The van der Waals surface area contributed by atoms with E-state index < -0.39 is 0 Å². The van der Waals surface area contributed by atoms with Gasteiger partial charge in [-0.25, -0.2) is 0 Å². The molecule has 0 aliphatic heterocycles. The molecule has 4 rings (SSSR count). The molecule has 4 aromatic carbocycles. The van der Waals surface area contributed by atoms with Gasteiger partial charge in [0.25, 0.3) is 11.8 Å². The minimum atomic E-state index is -0.119. The van der Waals surface area contributed by atoms with E-state index in [1.54, 1.807) is 109 Å². The van der Waals surface area contributed by atoms with Crippen molar-refractivity contribution in [1.82, 2.24) is 9.80 Å². The highest BCUT2D eigenvalue weighted by Gasteiger charge is 2.19. The number of ether oxygens (including phenoxy) is 2. The fraction of sp³-hybridized carbons (Fsp3) is 0.304. The third-order valence-corrected chi connectivity index (χ3v) is 9.20. The molecule has 0 fully saturated rings. The first-order valence-electron chi connectivity index (χ1n) is 18.1. The molecule has 2 amide bonds. The maximum Gasteiger partial charge on any atom is 0.253 e. The number of carbonyl (C=O) groups is 4. The van der Waals surface area contributed by atoms with Crippen LogP contribution in [0.2, 0.25) is 0 Å². The molecular formula is C46H54N2O6. The maximum atomic E-state index is 12.5. The molecule has 0 radical (unpaired) electrons. The molecule has 0 atom stereocenters. The van der Waals surface area contributed by atoms with Crippen molar-refractivity contribution in [2.75, 3.05) is 42.4 Å². The number of hydrogen-bond donors (Lipinski definition) is 0. The first-order valence-corrected chi connectivity index (χ1v) is 18.1. The summed E-state index contributed by atoms with van der Waals surface area (Å²) in [6.45, 7) is 8.69. The molecule has 0 saturated carbocycles. The Hall–Kier alpha value is -5.76. The number of amides is 2. The standard InChI is InChI=1S/C24H29NO3.C22H25NO3/c1-7-24(2,3)20-13-15-22(28-6)19(16-20)12-14-21(26)17-8-10-18(11-9-17)23(27)25(4)5;1-5-6-16-7-14-21(26-4)19(15-16)12-13-20(24)17-8-10-18(11-9-17)22(25)23(2)3/h8-16H,7H2,1-6H3;7-15H,5-6H2,1-4H3. The highest BCUT2D eigenvalue weighted by Crippen LogP contribution is 2.31. The topological polar surface area (TPSA) is 93.2 Å². The lowest BCUT2D eigenvalue weighted by atomic mass is 9.81. The van der Waals surface area contributed by atoms with E-state index >= 15 is 0 Å². The highest BCUT2D eigenvalue weighted by atomic mass is 16.5. The number of rotatable bonds is 14. The number of allylic oxidation sites excluding steroid dienone is 2. The lowest BCUT2D eigenvalue weighted by molar-refractivity contribution is 0.0820. The molecule has 0 spiro atoms. The van der Waals surface area contributed by atoms with Crippen LogP contribution in [0.5, 0.6) is 11.5 Å². The lowest BCUT2D eigenvalue weighted by Crippen LogP contribution is -2.21. The molecule has 0 N–H and O–H groups in total. The minimum absolute atomic E-state index is 0.0493. The average Bonchev–Trinajstić information content (AvgIpc) is 3.18. The van der Waals surface area contributed by atoms with Crippen LogP contribution in [-0.4, -0.2) is 75.6 Å². The van der Waals surface area contributed by atoms with E-state index in [0.29, 0.717) is 22.3 Å². The molecule has 0 aromatic heterocycles. The summed E-state index contributed by atoms with van der Waals surface area (Å²) >= 11 is 0. The molecule has 284 valence electrons. The minimum Gasteiger partial charge on any atom is -0.496 e. The molecule has 54 heavy (non-hydrogen) atoms. The summed E-state index contributed by atoms with van der Waals surface area (Å²) in [5.41, 5.74) is 6.41. The van der Waals surface area contributed by atoms with Crippen LogP contribution in [0.15, 0.2) is 97.1 Å². The van der Waals surface area contributed by atoms with Gasteiger partial charge in [0.05, 0.1) is 14.2 Å². The Labute approximate surface area is 321 Å². The smallest absolute Gasteiger partial charge is 0.253 e. The van der Waals surface area contributed by atoms with E-state index in [1.165, 1.54) is 27.0 Å². The summed E-state index contributed by atoms with van der Waals surface area (Å²) in [4.78, 5) is 51.8. The normalized spacial score (nSPS) is 11.1. The fourth-order valence-corrected chi connectivity index (χ4v) is 5.44. The molecule has 0 bridgehead atoms. The van der Waals surface area contributed by atoms with Crippen molar-refractivity contribution in [3.05, 3.63) is 142 Å². The average molecular weight is 731 g/mol. The number of nitrogens with zero attached hydrogens (tertiary/aromatic N) is 2. The zero-order valence-electron chi connectivity index (χ0n) is 33.4. The monoisotopic (exact) mass is 730 g/mol. The fourth-order valence-electron chi connectivity index (χ4n) is 5.44. The van der Waals surface area contributed by atoms with E-state index in [2.05, 4.69) is 39.8 Å². The molecule has 4 aromatic rings. The number of benzene rings is 4. The second kappa shape index (κ2) is 19.9. The Morgan fingerprint density at radius 2 is 1.00 bits per heavy atom. The zero-order chi connectivity index (χ0) is 40.0. The highest BCUT2D eigenvalue weighted by molar-refractivity contribution is 6.08. The number of ketones is 2. The second-order valence-electron chi connectivity index (χ2n) is 14.0. The second-order valence-corrected chi connectivity index (χ2v) is 14.0. The number of aryl methyl sites for hydroxylation is 1. The third-order valence-electron chi connectivity index (χ3n) is 9.20. The quantitative estimate of drug-likeness (QED) is 0.0949. The Balaban J connectivity index is 0.000000291. The van der Waals surface area contributed by atoms with Gasteiger partial charge in [-0.2, -0.15) is 0 Å². The first kappa shape index (κ1) is 42.7. The van der Waals surface area contributed by atoms with Gasteiger partial charge in [-0.3, -0.25) is 19.2 Å². The van der Waals surface area contributed by atoms with Gasteiger partial charge < -0.3 is 19.3 Å². The van der Waals surface area contributed by atoms with Crippen LogP contribution < -0.4 is 9.47 Å². The van der Waals surface area contributed by atoms with E-state index in [1.807, 2.05) is 24.3 Å². The summed E-state index contributed by atoms with van der Waals surface area (Å²) in [6, 6.07) is 25.5. The van der Waals surface area contributed by atoms with Gasteiger partial charge in [-0.15, -0.1) is 0 Å². The SMILES string of the molecule is CCC(C)(C)c1ccc(OC)c(C=CC(=O)c2ccc(C(=O)N(C)C)cc2)c1.CCCc1ccc(OC)c(C=CC(=O)c2ccc(C(=O)N(C)C)cc2)c1. The van der Waals surface area contributed by atoms with Gasteiger partial charge in [0, 0.05) is 61.6 Å². The van der Waals surface area contributed by atoms with Crippen molar-refractivity contribution >= 4 is 35.5 Å². The summed E-state index contributed by atoms with van der Waals surface area (Å²) < 4.78 is 10.8.